The second kappa shape index (κ2) is 8.52. The molecule has 9 atom stereocenters. The predicted octanol–water partition coefficient (Wildman–Crippen LogP) is 6.91. The molecule has 3 heteroatoms. The van der Waals surface area contributed by atoms with Crippen LogP contribution in [0.1, 0.15) is 105 Å². The fourth-order valence-corrected chi connectivity index (χ4v) is 9.26. The summed E-state index contributed by atoms with van der Waals surface area (Å²) >= 11 is 0. The van der Waals surface area contributed by atoms with Gasteiger partial charge in [-0.15, -0.1) is 0 Å². The summed E-state index contributed by atoms with van der Waals surface area (Å²) in [4.78, 5) is 0. The van der Waals surface area contributed by atoms with Crippen LogP contribution in [0.15, 0.2) is 11.1 Å². The van der Waals surface area contributed by atoms with Crippen molar-refractivity contribution in [3.8, 4) is 0 Å². The standard InChI is InChI=1S/C27H42N2O.C2H6/c1-16-10-25-24(29-15-16)14-27(30-25)9-7-20-21-5-4-18-11-19(28)6-8-26(18,3)23(21)12-22(20)17(2)13-27;1-2/h16,18,20-21,23-25,28-29H,4-15H2,1-3H3;1-2H3. The molecule has 2 aliphatic heterocycles. The van der Waals surface area contributed by atoms with Gasteiger partial charge in [0.25, 0.3) is 0 Å². The van der Waals surface area contributed by atoms with Gasteiger partial charge < -0.3 is 15.5 Å². The Morgan fingerprint density at radius 2 is 1.91 bits per heavy atom. The third-order valence-corrected chi connectivity index (χ3v) is 10.9. The Morgan fingerprint density at radius 3 is 2.72 bits per heavy atom. The van der Waals surface area contributed by atoms with E-state index in [1.54, 1.807) is 5.57 Å². The Hall–Kier alpha value is -0.670. The maximum Gasteiger partial charge on any atom is 0.0740 e. The van der Waals surface area contributed by atoms with Crippen LogP contribution in [0.25, 0.3) is 0 Å². The topological polar surface area (TPSA) is 45.1 Å². The van der Waals surface area contributed by atoms with Crippen molar-refractivity contribution in [3.63, 3.8) is 0 Å². The molecule has 6 aliphatic rings. The van der Waals surface area contributed by atoms with Crippen molar-refractivity contribution in [1.82, 2.24) is 5.32 Å². The molecule has 2 saturated heterocycles. The highest BCUT2D eigenvalue weighted by atomic mass is 16.5. The van der Waals surface area contributed by atoms with Crippen molar-refractivity contribution >= 4 is 5.71 Å². The van der Waals surface area contributed by atoms with Gasteiger partial charge >= 0.3 is 0 Å². The summed E-state index contributed by atoms with van der Waals surface area (Å²) in [6, 6.07) is 0.594. The fraction of sp³-hybridized carbons (Fsp3) is 0.897. The zero-order valence-electron chi connectivity index (χ0n) is 21.4. The maximum absolute atomic E-state index is 8.25. The number of fused-ring (bicyclic) bond motifs is 6. The van der Waals surface area contributed by atoms with Crippen molar-refractivity contribution in [1.29, 1.82) is 5.41 Å². The average molecular weight is 441 g/mol. The molecule has 6 rings (SSSR count). The SMILES string of the molecule is CC.CC1=C2CC3C(CCC4CC(=N)CCC43C)C2CCC2(C1)CC1NCC(C)CC1O2. The van der Waals surface area contributed by atoms with Gasteiger partial charge in [-0.1, -0.05) is 38.8 Å². The monoisotopic (exact) mass is 440 g/mol. The largest absolute Gasteiger partial charge is 0.370 e. The van der Waals surface area contributed by atoms with Crippen LogP contribution in [0.5, 0.6) is 0 Å². The highest BCUT2D eigenvalue weighted by Gasteiger charge is 2.57. The van der Waals surface area contributed by atoms with Crippen LogP contribution in [0.2, 0.25) is 0 Å². The Kier molecular flexibility index (Phi) is 6.15. The van der Waals surface area contributed by atoms with E-state index in [0.717, 1.165) is 48.1 Å². The van der Waals surface area contributed by atoms with E-state index < -0.39 is 0 Å². The molecule has 0 aromatic rings. The van der Waals surface area contributed by atoms with Gasteiger partial charge in [-0.05, 0) is 119 Å². The third-order valence-electron chi connectivity index (χ3n) is 10.9. The van der Waals surface area contributed by atoms with Gasteiger partial charge in [-0.25, -0.2) is 0 Å². The lowest BCUT2D eigenvalue weighted by Gasteiger charge is -2.52. The highest BCUT2D eigenvalue weighted by Crippen LogP contribution is 2.64. The molecular formula is C29H48N2O. The Balaban J connectivity index is 0.00000105. The van der Waals surface area contributed by atoms with Crippen LogP contribution in [0, 0.1) is 40.4 Å². The summed E-state index contributed by atoms with van der Waals surface area (Å²) in [6.07, 6.45) is 14.3. The van der Waals surface area contributed by atoms with E-state index in [1.165, 1.54) is 64.3 Å². The molecule has 2 heterocycles. The third kappa shape index (κ3) is 3.65. The molecule has 9 unspecified atom stereocenters. The van der Waals surface area contributed by atoms with E-state index in [1.807, 2.05) is 19.4 Å². The number of ether oxygens (including phenoxy) is 1. The normalized spacial score (nSPS) is 50.0. The Labute approximate surface area is 197 Å². The van der Waals surface area contributed by atoms with Crippen LogP contribution in [-0.2, 0) is 4.74 Å². The fourth-order valence-electron chi connectivity index (χ4n) is 9.26. The van der Waals surface area contributed by atoms with E-state index in [0.29, 0.717) is 17.6 Å². The number of piperidine rings is 1. The zero-order chi connectivity index (χ0) is 22.7. The van der Waals surface area contributed by atoms with E-state index >= 15 is 0 Å². The first kappa shape index (κ1) is 23.1. The van der Waals surface area contributed by atoms with Crippen molar-refractivity contribution in [2.24, 2.45) is 35.0 Å². The number of allylic oxidation sites excluding steroid dienone is 1. The number of rotatable bonds is 0. The second-order valence-electron chi connectivity index (χ2n) is 12.6. The van der Waals surface area contributed by atoms with Gasteiger partial charge in [0.15, 0.2) is 0 Å². The van der Waals surface area contributed by atoms with Crippen LogP contribution >= 0.6 is 0 Å². The Morgan fingerprint density at radius 1 is 1.09 bits per heavy atom. The molecule has 2 N–H and O–H groups in total. The van der Waals surface area contributed by atoms with Crippen LogP contribution < -0.4 is 5.32 Å². The van der Waals surface area contributed by atoms with Crippen molar-refractivity contribution < 1.29 is 4.74 Å². The smallest absolute Gasteiger partial charge is 0.0740 e. The highest BCUT2D eigenvalue weighted by molar-refractivity contribution is 5.82. The van der Waals surface area contributed by atoms with E-state index in [9.17, 15) is 0 Å². The zero-order valence-corrected chi connectivity index (χ0v) is 21.4. The van der Waals surface area contributed by atoms with Crippen molar-refractivity contribution in [2.75, 3.05) is 6.54 Å². The summed E-state index contributed by atoms with van der Waals surface area (Å²) in [5.74, 6) is 4.14. The van der Waals surface area contributed by atoms with Gasteiger partial charge in [0, 0.05) is 11.8 Å². The summed E-state index contributed by atoms with van der Waals surface area (Å²) in [5.41, 5.74) is 5.18. The van der Waals surface area contributed by atoms with Gasteiger partial charge in [0.1, 0.15) is 0 Å². The Bertz CT molecular complexity index is 773. The second-order valence-corrected chi connectivity index (χ2v) is 12.6. The molecule has 1 spiro atoms. The van der Waals surface area contributed by atoms with Crippen LogP contribution in [0.4, 0.5) is 0 Å². The summed E-state index contributed by atoms with van der Waals surface area (Å²) in [6.45, 7) is 12.6. The first-order chi connectivity index (χ1) is 15.4. The lowest BCUT2D eigenvalue weighted by Crippen LogP contribution is -2.46. The van der Waals surface area contributed by atoms with E-state index in [4.69, 9.17) is 10.1 Å². The maximum atomic E-state index is 8.25. The first-order valence-electron chi connectivity index (χ1n) is 14.0. The molecule has 5 fully saturated rings. The molecule has 4 aliphatic carbocycles. The lowest BCUT2D eigenvalue weighted by atomic mass is 9.52. The molecule has 3 nitrogen and oxygen atoms in total. The summed E-state index contributed by atoms with van der Waals surface area (Å²) in [5, 5.41) is 12.1. The number of hydrogen-bond donors (Lipinski definition) is 2. The minimum atomic E-state index is 0.115. The van der Waals surface area contributed by atoms with Gasteiger partial charge in [0.2, 0.25) is 0 Å². The van der Waals surface area contributed by atoms with E-state index in [-0.39, 0.29) is 5.60 Å². The molecule has 0 aromatic heterocycles. The molecule has 0 aromatic carbocycles. The van der Waals surface area contributed by atoms with Gasteiger partial charge in [-0.3, -0.25) is 0 Å². The summed E-state index contributed by atoms with van der Waals surface area (Å²) in [7, 11) is 0. The number of hydrogen-bond acceptors (Lipinski definition) is 3. The minimum absolute atomic E-state index is 0.115. The molecule has 180 valence electrons. The molecule has 0 amide bonds. The van der Waals surface area contributed by atoms with Crippen LogP contribution in [0.3, 0.4) is 0 Å². The van der Waals surface area contributed by atoms with Crippen LogP contribution in [-0.4, -0.2) is 30.0 Å². The van der Waals surface area contributed by atoms with Crippen molar-refractivity contribution in [2.45, 2.75) is 123 Å². The predicted molar refractivity (Wildman–Crippen MR) is 133 cm³/mol. The minimum Gasteiger partial charge on any atom is -0.370 e. The molecular weight excluding hydrogens is 392 g/mol. The average Bonchev–Trinajstić information content (AvgIpc) is 3.29. The quantitative estimate of drug-likeness (QED) is 0.402. The molecule has 0 radical (unpaired) electrons. The number of nitrogens with one attached hydrogen (secondary N) is 2. The molecule has 3 saturated carbocycles. The van der Waals surface area contributed by atoms with Crippen molar-refractivity contribution in [3.05, 3.63) is 11.1 Å². The summed E-state index contributed by atoms with van der Waals surface area (Å²) < 4.78 is 6.91. The molecule has 0 bridgehead atoms. The van der Waals surface area contributed by atoms with Gasteiger partial charge in [-0.2, -0.15) is 0 Å². The first-order valence-corrected chi connectivity index (χ1v) is 14.0. The molecule has 32 heavy (non-hydrogen) atoms. The van der Waals surface area contributed by atoms with Gasteiger partial charge in [0.05, 0.1) is 11.7 Å². The lowest BCUT2D eigenvalue weighted by molar-refractivity contribution is -0.0629. The van der Waals surface area contributed by atoms with E-state index in [2.05, 4.69) is 26.1 Å².